The Morgan fingerprint density at radius 2 is 2.06 bits per heavy atom. The summed E-state index contributed by atoms with van der Waals surface area (Å²) in [4.78, 5) is 8.26. The molecule has 2 bridgehead atoms. The van der Waals surface area contributed by atoms with Crippen molar-refractivity contribution < 1.29 is 0 Å². The van der Waals surface area contributed by atoms with Crippen LogP contribution in [0, 0.1) is 6.92 Å². The largest absolute Gasteiger partial charge is 0.311 e. The van der Waals surface area contributed by atoms with E-state index in [2.05, 4.69) is 29.2 Å². The summed E-state index contributed by atoms with van der Waals surface area (Å²) < 4.78 is 0. The van der Waals surface area contributed by atoms with Crippen LogP contribution in [0.1, 0.15) is 35.6 Å². The van der Waals surface area contributed by atoms with Gasteiger partial charge >= 0.3 is 0 Å². The van der Waals surface area contributed by atoms with Gasteiger partial charge in [0.15, 0.2) is 0 Å². The fraction of sp³-hybridized carbons (Fsp3) is 0.769. The van der Waals surface area contributed by atoms with Gasteiger partial charge in [0.05, 0.1) is 5.01 Å². The lowest BCUT2D eigenvalue weighted by atomic mass is 9.98. The van der Waals surface area contributed by atoms with Gasteiger partial charge in [0.25, 0.3) is 0 Å². The second kappa shape index (κ2) is 5.87. The van der Waals surface area contributed by atoms with E-state index in [0.29, 0.717) is 0 Å². The number of aryl methyl sites for hydroxylation is 1. The Bertz CT molecular complexity index is 383. The molecule has 2 atom stereocenters. The van der Waals surface area contributed by atoms with Crippen LogP contribution >= 0.6 is 23.7 Å². The predicted molar refractivity (Wildman–Crippen MR) is 78.5 cm³/mol. The normalized spacial score (nSPS) is 30.5. The quantitative estimate of drug-likeness (QED) is 0.926. The van der Waals surface area contributed by atoms with Crippen molar-refractivity contribution in [1.29, 1.82) is 0 Å². The summed E-state index contributed by atoms with van der Waals surface area (Å²) >= 11 is 1.83. The van der Waals surface area contributed by atoms with Gasteiger partial charge in [-0.05, 0) is 39.7 Å². The van der Waals surface area contributed by atoms with Crippen LogP contribution in [0.5, 0.6) is 0 Å². The molecule has 3 rings (SSSR count). The number of halogens is 1. The molecule has 2 fully saturated rings. The summed E-state index contributed by atoms with van der Waals surface area (Å²) in [5, 5.41) is 4.89. The fourth-order valence-corrected chi connectivity index (χ4v) is 4.10. The van der Waals surface area contributed by atoms with Crippen molar-refractivity contribution in [2.45, 2.75) is 57.3 Å². The Morgan fingerprint density at radius 3 is 2.61 bits per heavy atom. The van der Waals surface area contributed by atoms with E-state index in [1.165, 1.54) is 35.6 Å². The summed E-state index contributed by atoms with van der Waals surface area (Å²) in [5.74, 6) is 0. The molecule has 0 aliphatic carbocycles. The van der Waals surface area contributed by atoms with Crippen molar-refractivity contribution >= 4 is 23.7 Å². The van der Waals surface area contributed by atoms with E-state index in [4.69, 9.17) is 0 Å². The first kappa shape index (κ1) is 14.3. The number of hydrogen-bond donors (Lipinski definition) is 1. The Hall–Kier alpha value is -0.160. The molecule has 3 nitrogen and oxygen atoms in total. The van der Waals surface area contributed by atoms with E-state index in [0.717, 1.165) is 24.7 Å². The zero-order valence-corrected chi connectivity index (χ0v) is 12.7. The van der Waals surface area contributed by atoms with Gasteiger partial charge in [0.1, 0.15) is 0 Å². The molecule has 1 aromatic heterocycles. The standard InChI is InChI=1S/C13H21N3S.ClH/c1-9-14-7-13(17-9)8-16(2)12-5-10-3-4-11(6-12)15-10;/h7,10-12,15H,3-6,8H2,1-2H3;1H. The Morgan fingerprint density at radius 1 is 1.39 bits per heavy atom. The van der Waals surface area contributed by atoms with E-state index in [-0.39, 0.29) is 12.4 Å². The number of rotatable bonds is 3. The molecule has 2 aliphatic heterocycles. The van der Waals surface area contributed by atoms with Crippen molar-refractivity contribution in [1.82, 2.24) is 15.2 Å². The first-order chi connectivity index (χ1) is 8.20. The van der Waals surface area contributed by atoms with Gasteiger partial charge in [0, 0.05) is 35.7 Å². The highest BCUT2D eigenvalue weighted by molar-refractivity contribution is 7.11. The summed E-state index contributed by atoms with van der Waals surface area (Å²) in [5.41, 5.74) is 0. The number of piperidine rings is 1. The van der Waals surface area contributed by atoms with Crippen LogP contribution in [0.2, 0.25) is 0 Å². The molecular formula is C13H22ClN3S. The summed E-state index contributed by atoms with van der Waals surface area (Å²) in [6, 6.07) is 2.32. The lowest BCUT2D eigenvalue weighted by Crippen LogP contribution is -2.46. The molecule has 0 aromatic carbocycles. The predicted octanol–water partition coefficient (Wildman–Crippen LogP) is 2.59. The average molecular weight is 288 g/mol. The van der Waals surface area contributed by atoms with E-state index < -0.39 is 0 Å². The minimum atomic E-state index is 0. The summed E-state index contributed by atoms with van der Waals surface area (Å²) in [7, 11) is 2.27. The zero-order chi connectivity index (χ0) is 11.8. The van der Waals surface area contributed by atoms with Crippen LogP contribution in [-0.4, -0.2) is 35.1 Å². The number of nitrogens with one attached hydrogen (secondary N) is 1. The molecule has 0 spiro atoms. The smallest absolute Gasteiger partial charge is 0.0897 e. The minimum absolute atomic E-state index is 0. The first-order valence-electron chi connectivity index (χ1n) is 6.58. The number of thiazole rings is 1. The topological polar surface area (TPSA) is 28.2 Å². The number of hydrogen-bond acceptors (Lipinski definition) is 4. The van der Waals surface area contributed by atoms with Gasteiger partial charge in [-0.1, -0.05) is 0 Å². The van der Waals surface area contributed by atoms with E-state index in [1.807, 2.05) is 17.5 Å². The second-order valence-electron chi connectivity index (χ2n) is 5.52. The van der Waals surface area contributed by atoms with Gasteiger partial charge in [-0.25, -0.2) is 4.98 Å². The maximum atomic E-state index is 4.34. The van der Waals surface area contributed by atoms with Crippen molar-refractivity contribution in [3.63, 3.8) is 0 Å². The molecule has 0 amide bonds. The van der Waals surface area contributed by atoms with Crippen molar-refractivity contribution in [3.8, 4) is 0 Å². The highest BCUT2D eigenvalue weighted by atomic mass is 35.5. The lowest BCUT2D eigenvalue weighted by molar-refractivity contribution is 0.167. The molecule has 3 heterocycles. The van der Waals surface area contributed by atoms with E-state index in [1.54, 1.807) is 0 Å². The lowest BCUT2D eigenvalue weighted by Gasteiger charge is -2.35. The number of aromatic nitrogens is 1. The van der Waals surface area contributed by atoms with Crippen LogP contribution in [-0.2, 0) is 6.54 Å². The summed E-state index contributed by atoms with van der Waals surface area (Å²) in [6.07, 6.45) is 7.45. The van der Waals surface area contributed by atoms with Crippen molar-refractivity contribution in [3.05, 3.63) is 16.1 Å². The Kier molecular flexibility index (Phi) is 4.64. The molecule has 5 heteroatoms. The number of nitrogens with zero attached hydrogens (tertiary/aromatic N) is 2. The fourth-order valence-electron chi connectivity index (χ4n) is 3.24. The highest BCUT2D eigenvalue weighted by Crippen LogP contribution is 2.30. The maximum Gasteiger partial charge on any atom is 0.0897 e. The highest BCUT2D eigenvalue weighted by Gasteiger charge is 2.34. The average Bonchev–Trinajstić information content (AvgIpc) is 2.85. The first-order valence-corrected chi connectivity index (χ1v) is 7.40. The molecule has 0 saturated carbocycles. The van der Waals surface area contributed by atoms with Crippen LogP contribution in [0.3, 0.4) is 0 Å². The van der Waals surface area contributed by atoms with Crippen molar-refractivity contribution in [2.75, 3.05) is 7.05 Å². The molecule has 18 heavy (non-hydrogen) atoms. The molecular weight excluding hydrogens is 266 g/mol. The van der Waals surface area contributed by atoms with Gasteiger partial charge in [-0.15, -0.1) is 23.7 Å². The third kappa shape index (κ3) is 3.05. The van der Waals surface area contributed by atoms with Gasteiger partial charge < -0.3 is 5.32 Å². The van der Waals surface area contributed by atoms with Crippen LogP contribution in [0.15, 0.2) is 6.20 Å². The monoisotopic (exact) mass is 287 g/mol. The molecule has 0 radical (unpaired) electrons. The number of fused-ring (bicyclic) bond motifs is 2. The molecule has 2 saturated heterocycles. The molecule has 1 aromatic rings. The van der Waals surface area contributed by atoms with Gasteiger partial charge in [-0.3, -0.25) is 4.90 Å². The third-order valence-electron chi connectivity index (χ3n) is 4.15. The van der Waals surface area contributed by atoms with E-state index >= 15 is 0 Å². The Labute approximate surface area is 119 Å². The van der Waals surface area contributed by atoms with Crippen LogP contribution in [0.25, 0.3) is 0 Å². The van der Waals surface area contributed by atoms with Gasteiger partial charge in [0.2, 0.25) is 0 Å². The Balaban J connectivity index is 0.00000120. The maximum absolute atomic E-state index is 4.34. The summed E-state index contributed by atoms with van der Waals surface area (Å²) in [6.45, 7) is 3.15. The van der Waals surface area contributed by atoms with Crippen LogP contribution < -0.4 is 5.32 Å². The molecule has 102 valence electrons. The van der Waals surface area contributed by atoms with Crippen LogP contribution in [0.4, 0.5) is 0 Å². The molecule has 2 aliphatic rings. The molecule has 2 unspecified atom stereocenters. The SMILES string of the molecule is Cc1ncc(CN(C)C2CC3CCC(C2)N3)s1.Cl. The van der Waals surface area contributed by atoms with Gasteiger partial charge in [-0.2, -0.15) is 0 Å². The van der Waals surface area contributed by atoms with Crippen molar-refractivity contribution in [2.24, 2.45) is 0 Å². The minimum Gasteiger partial charge on any atom is -0.311 e. The zero-order valence-electron chi connectivity index (χ0n) is 11.1. The second-order valence-corrected chi connectivity index (χ2v) is 6.84. The molecule has 1 N–H and O–H groups in total. The van der Waals surface area contributed by atoms with E-state index in [9.17, 15) is 0 Å². The third-order valence-corrected chi connectivity index (χ3v) is 5.04.